The maximum absolute atomic E-state index is 12.4. The summed E-state index contributed by atoms with van der Waals surface area (Å²) in [5, 5.41) is 1.95. The molecular formula is C14H11F3S. The van der Waals surface area contributed by atoms with Crippen molar-refractivity contribution in [2.45, 2.75) is 12.6 Å². The standard InChI is InChI=1S/C14H11F3S/c1-2-13-11(7-8-18-13)9-10-3-5-12(6-4-10)14(15,16)17/h2-8H,1,9H2. The van der Waals surface area contributed by atoms with Gasteiger partial charge in [0, 0.05) is 4.88 Å². The Kier molecular flexibility index (Phi) is 3.57. The molecule has 94 valence electrons. The molecule has 0 aliphatic carbocycles. The van der Waals surface area contributed by atoms with Gasteiger partial charge in [0.2, 0.25) is 0 Å². The molecule has 0 bridgehead atoms. The van der Waals surface area contributed by atoms with Crippen LogP contribution in [-0.2, 0) is 12.6 Å². The Labute approximate surface area is 107 Å². The molecule has 1 aromatic heterocycles. The van der Waals surface area contributed by atoms with Crippen molar-refractivity contribution in [1.82, 2.24) is 0 Å². The van der Waals surface area contributed by atoms with Gasteiger partial charge < -0.3 is 0 Å². The smallest absolute Gasteiger partial charge is 0.166 e. The van der Waals surface area contributed by atoms with Gasteiger partial charge in [0.15, 0.2) is 0 Å². The highest BCUT2D eigenvalue weighted by atomic mass is 32.1. The molecule has 0 aliphatic heterocycles. The van der Waals surface area contributed by atoms with Crippen molar-refractivity contribution in [3.05, 3.63) is 63.9 Å². The molecule has 2 rings (SSSR count). The summed E-state index contributed by atoms with van der Waals surface area (Å²) in [7, 11) is 0. The zero-order valence-corrected chi connectivity index (χ0v) is 10.3. The lowest BCUT2D eigenvalue weighted by Gasteiger charge is -2.07. The van der Waals surface area contributed by atoms with E-state index in [1.807, 2.05) is 11.4 Å². The van der Waals surface area contributed by atoms with Crippen LogP contribution < -0.4 is 0 Å². The third-order valence-electron chi connectivity index (χ3n) is 2.64. The summed E-state index contributed by atoms with van der Waals surface area (Å²) in [5.74, 6) is 0. The predicted octanol–water partition coefficient (Wildman–Crippen LogP) is 5.00. The Morgan fingerprint density at radius 3 is 2.33 bits per heavy atom. The van der Waals surface area contributed by atoms with Gasteiger partial charge in [0.05, 0.1) is 5.56 Å². The highest BCUT2D eigenvalue weighted by molar-refractivity contribution is 7.11. The number of alkyl halides is 3. The first-order valence-corrected chi connectivity index (χ1v) is 6.23. The Hall–Kier alpha value is -1.55. The van der Waals surface area contributed by atoms with Crippen molar-refractivity contribution in [3.8, 4) is 0 Å². The van der Waals surface area contributed by atoms with Gasteiger partial charge >= 0.3 is 6.18 Å². The molecule has 0 fully saturated rings. The number of halogens is 3. The molecule has 1 heterocycles. The monoisotopic (exact) mass is 268 g/mol. The van der Waals surface area contributed by atoms with Crippen LogP contribution in [0.2, 0.25) is 0 Å². The van der Waals surface area contributed by atoms with Gasteiger partial charge in [-0.1, -0.05) is 24.8 Å². The minimum absolute atomic E-state index is 0.611. The fourth-order valence-corrected chi connectivity index (χ4v) is 2.47. The Morgan fingerprint density at radius 1 is 1.11 bits per heavy atom. The average Bonchev–Trinajstić information content (AvgIpc) is 2.76. The van der Waals surface area contributed by atoms with Crippen molar-refractivity contribution < 1.29 is 13.2 Å². The molecule has 0 aliphatic rings. The normalized spacial score (nSPS) is 11.5. The third kappa shape index (κ3) is 2.82. The van der Waals surface area contributed by atoms with Gasteiger partial charge in [-0.25, -0.2) is 0 Å². The molecule has 0 amide bonds. The first-order valence-electron chi connectivity index (χ1n) is 5.35. The molecular weight excluding hydrogens is 257 g/mol. The largest absolute Gasteiger partial charge is 0.416 e. The first kappa shape index (κ1) is 12.9. The molecule has 0 radical (unpaired) electrons. The van der Waals surface area contributed by atoms with Gasteiger partial charge in [-0.3, -0.25) is 0 Å². The van der Waals surface area contributed by atoms with E-state index in [9.17, 15) is 13.2 Å². The second kappa shape index (κ2) is 4.98. The minimum atomic E-state index is -4.27. The molecule has 0 N–H and O–H groups in total. The number of thiophene rings is 1. The molecule has 0 unspecified atom stereocenters. The Bertz CT molecular complexity index is 535. The van der Waals surface area contributed by atoms with E-state index in [1.54, 1.807) is 17.4 Å². The van der Waals surface area contributed by atoms with Gasteiger partial charge in [-0.2, -0.15) is 13.2 Å². The highest BCUT2D eigenvalue weighted by Gasteiger charge is 2.29. The van der Waals surface area contributed by atoms with Crippen LogP contribution in [0.5, 0.6) is 0 Å². The second-order valence-electron chi connectivity index (χ2n) is 3.89. The maximum Gasteiger partial charge on any atom is 0.416 e. The highest BCUT2D eigenvalue weighted by Crippen LogP contribution is 2.29. The van der Waals surface area contributed by atoms with E-state index in [0.717, 1.165) is 28.1 Å². The lowest BCUT2D eigenvalue weighted by Crippen LogP contribution is -2.04. The summed E-state index contributed by atoms with van der Waals surface area (Å²) in [6.45, 7) is 3.71. The van der Waals surface area contributed by atoms with E-state index < -0.39 is 11.7 Å². The topological polar surface area (TPSA) is 0 Å². The lowest BCUT2D eigenvalue weighted by molar-refractivity contribution is -0.137. The summed E-state index contributed by atoms with van der Waals surface area (Å²) >= 11 is 1.58. The first-order chi connectivity index (χ1) is 8.50. The summed E-state index contributed by atoms with van der Waals surface area (Å²) in [6.07, 6.45) is -1.87. The zero-order valence-electron chi connectivity index (χ0n) is 9.50. The number of hydrogen-bond acceptors (Lipinski definition) is 1. The summed E-state index contributed by atoms with van der Waals surface area (Å²) in [5.41, 5.74) is 1.35. The Morgan fingerprint density at radius 2 is 1.78 bits per heavy atom. The lowest BCUT2D eigenvalue weighted by atomic mass is 10.0. The molecule has 0 spiro atoms. The van der Waals surface area contributed by atoms with Gasteiger partial charge in [-0.15, -0.1) is 11.3 Å². The molecule has 0 atom stereocenters. The fraction of sp³-hybridized carbons (Fsp3) is 0.143. The minimum Gasteiger partial charge on any atom is -0.166 e. The summed E-state index contributed by atoms with van der Waals surface area (Å²) in [4.78, 5) is 1.06. The number of rotatable bonds is 3. The van der Waals surface area contributed by atoms with E-state index in [2.05, 4.69) is 6.58 Å². The maximum atomic E-state index is 12.4. The van der Waals surface area contributed by atoms with Gasteiger partial charge in [0.1, 0.15) is 0 Å². The van der Waals surface area contributed by atoms with Crippen molar-refractivity contribution in [2.24, 2.45) is 0 Å². The number of hydrogen-bond donors (Lipinski definition) is 0. The summed E-state index contributed by atoms with van der Waals surface area (Å²) in [6, 6.07) is 7.25. The molecule has 2 aromatic rings. The molecule has 4 heteroatoms. The van der Waals surface area contributed by atoms with Gasteiger partial charge in [-0.05, 0) is 41.1 Å². The predicted molar refractivity (Wildman–Crippen MR) is 68.7 cm³/mol. The zero-order chi connectivity index (χ0) is 13.2. The molecule has 0 saturated carbocycles. The number of benzene rings is 1. The average molecular weight is 268 g/mol. The fourth-order valence-electron chi connectivity index (χ4n) is 1.70. The van der Waals surface area contributed by atoms with Gasteiger partial charge in [0.25, 0.3) is 0 Å². The summed E-state index contributed by atoms with van der Waals surface area (Å²) < 4.78 is 37.2. The molecule has 0 nitrogen and oxygen atoms in total. The quantitative estimate of drug-likeness (QED) is 0.734. The van der Waals surface area contributed by atoms with Crippen LogP contribution in [0.25, 0.3) is 6.08 Å². The van der Waals surface area contributed by atoms with Crippen LogP contribution in [0, 0.1) is 0 Å². The third-order valence-corrected chi connectivity index (χ3v) is 3.60. The molecule has 1 aromatic carbocycles. The van der Waals surface area contributed by atoms with E-state index in [-0.39, 0.29) is 0 Å². The van der Waals surface area contributed by atoms with Crippen LogP contribution in [0.4, 0.5) is 13.2 Å². The van der Waals surface area contributed by atoms with E-state index >= 15 is 0 Å². The van der Waals surface area contributed by atoms with Crippen LogP contribution in [-0.4, -0.2) is 0 Å². The van der Waals surface area contributed by atoms with Crippen LogP contribution in [0.1, 0.15) is 21.6 Å². The van der Waals surface area contributed by atoms with E-state index in [0.29, 0.717) is 6.42 Å². The van der Waals surface area contributed by atoms with Crippen molar-refractivity contribution >= 4 is 17.4 Å². The van der Waals surface area contributed by atoms with Crippen molar-refractivity contribution in [2.75, 3.05) is 0 Å². The molecule has 18 heavy (non-hydrogen) atoms. The van der Waals surface area contributed by atoms with Crippen LogP contribution >= 0.6 is 11.3 Å². The van der Waals surface area contributed by atoms with E-state index in [4.69, 9.17) is 0 Å². The second-order valence-corrected chi connectivity index (χ2v) is 4.83. The van der Waals surface area contributed by atoms with E-state index in [1.165, 1.54) is 12.1 Å². The SMILES string of the molecule is C=Cc1sccc1Cc1ccc(C(F)(F)F)cc1. The van der Waals surface area contributed by atoms with Crippen LogP contribution in [0.3, 0.4) is 0 Å². The Balaban J connectivity index is 2.19. The van der Waals surface area contributed by atoms with Crippen molar-refractivity contribution in [1.29, 1.82) is 0 Å². The van der Waals surface area contributed by atoms with Crippen LogP contribution in [0.15, 0.2) is 42.3 Å². The van der Waals surface area contributed by atoms with Crippen molar-refractivity contribution in [3.63, 3.8) is 0 Å². The molecule has 0 saturated heterocycles.